The molecule has 2 rings (SSSR count). The van der Waals surface area contributed by atoms with E-state index in [9.17, 15) is 4.39 Å². The minimum Gasteiger partial charge on any atom is -0.313 e. The predicted molar refractivity (Wildman–Crippen MR) is 91.0 cm³/mol. The summed E-state index contributed by atoms with van der Waals surface area (Å²) in [6, 6.07) is 5.58. The molecule has 3 heteroatoms. The highest BCUT2D eigenvalue weighted by molar-refractivity contribution is 9.10. The normalized spacial score (nSPS) is 24.0. The molecule has 0 aromatic heterocycles. The largest absolute Gasteiger partial charge is 0.313 e. The molecule has 1 nitrogen and oxygen atoms in total. The van der Waals surface area contributed by atoms with Crippen molar-refractivity contribution in [3.63, 3.8) is 0 Å². The molecule has 1 aromatic rings. The van der Waals surface area contributed by atoms with Gasteiger partial charge in [0.1, 0.15) is 5.82 Å². The van der Waals surface area contributed by atoms with E-state index in [1.54, 1.807) is 12.1 Å². The van der Waals surface area contributed by atoms with Crippen molar-refractivity contribution < 1.29 is 4.39 Å². The Balaban J connectivity index is 2.04. The van der Waals surface area contributed by atoms with E-state index in [0.717, 1.165) is 35.7 Å². The van der Waals surface area contributed by atoms with Gasteiger partial charge in [0.2, 0.25) is 0 Å². The standard InChI is InChI=1S/C18H27BrFN/c1-3-10-21-18(14-6-4-13(2)5-7-14)11-15-8-9-16(20)12-17(15)19/h8-9,12-14,18,21H,3-7,10-11H2,1-2H3. The van der Waals surface area contributed by atoms with Crippen LogP contribution in [0, 0.1) is 17.7 Å². The van der Waals surface area contributed by atoms with E-state index < -0.39 is 0 Å². The van der Waals surface area contributed by atoms with E-state index in [1.165, 1.54) is 31.2 Å². The Hall–Kier alpha value is -0.410. The van der Waals surface area contributed by atoms with Crippen LogP contribution in [0.5, 0.6) is 0 Å². The van der Waals surface area contributed by atoms with Crippen LogP contribution in [0.4, 0.5) is 4.39 Å². The molecule has 1 aliphatic rings. The van der Waals surface area contributed by atoms with Crippen molar-refractivity contribution >= 4 is 15.9 Å². The Morgan fingerprint density at radius 3 is 2.62 bits per heavy atom. The molecule has 0 saturated heterocycles. The number of nitrogens with one attached hydrogen (secondary N) is 1. The van der Waals surface area contributed by atoms with Crippen LogP contribution >= 0.6 is 15.9 Å². The molecule has 0 amide bonds. The van der Waals surface area contributed by atoms with Gasteiger partial charge in [-0.1, -0.05) is 48.7 Å². The summed E-state index contributed by atoms with van der Waals surface area (Å²) >= 11 is 3.51. The molecule has 0 aliphatic heterocycles. The smallest absolute Gasteiger partial charge is 0.124 e. The average molecular weight is 356 g/mol. The van der Waals surface area contributed by atoms with E-state index in [0.29, 0.717) is 6.04 Å². The third-order valence-corrected chi connectivity index (χ3v) is 5.48. The number of hydrogen-bond acceptors (Lipinski definition) is 1. The highest BCUT2D eigenvalue weighted by Crippen LogP contribution is 2.32. The van der Waals surface area contributed by atoms with Crippen LogP contribution in [0.25, 0.3) is 0 Å². The molecule has 0 radical (unpaired) electrons. The summed E-state index contributed by atoms with van der Waals surface area (Å²) in [6.07, 6.45) is 7.48. The summed E-state index contributed by atoms with van der Waals surface area (Å²) in [6.45, 7) is 5.64. The summed E-state index contributed by atoms with van der Waals surface area (Å²) < 4.78 is 14.1. The fraction of sp³-hybridized carbons (Fsp3) is 0.667. The second-order valence-electron chi connectivity index (χ2n) is 6.52. The van der Waals surface area contributed by atoms with Crippen LogP contribution in [-0.2, 0) is 6.42 Å². The Morgan fingerprint density at radius 2 is 2.00 bits per heavy atom. The minimum absolute atomic E-state index is 0.171. The van der Waals surface area contributed by atoms with Gasteiger partial charge in [0.05, 0.1) is 0 Å². The molecule has 1 N–H and O–H groups in total. The zero-order chi connectivity index (χ0) is 15.2. The second-order valence-corrected chi connectivity index (χ2v) is 7.37. The topological polar surface area (TPSA) is 12.0 Å². The van der Waals surface area contributed by atoms with Crippen LogP contribution in [0.1, 0.15) is 51.5 Å². The van der Waals surface area contributed by atoms with Crippen LogP contribution in [0.15, 0.2) is 22.7 Å². The van der Waals surface area contributed by atoms with Crippen LogP contribution in [0.3, 0.4) is 0 Å². The van der Waals surface area contributed by atoms with Crippen molar-refractivity contribution in [1.29, 1.82) is 0 Å². The number of halogens is 2. The molecule has 1 fully saturated rings. The summed E-state index contributed by atoms with van der Waals surface area (Å²) in [5.74, 6) is 1.46. The monoisotopic (exact) mass is 355 g/mol. The lowest BCUT2D eigenvalue weighted by Crippen LogP contribution is -2.40. The highest BCUT2D eigenvalue weighted by Gasteiger charge is 2.26. The second kappa shape index (κ2) is 8.28. The molecule has 0 heterocycles. The molecule has 1 unspecified atom stereocenters. The molecule has 1 atom stereocenters. The lowest BCUT2D eigenvalue weighted by molar-refractivity contribution is 0.228. The fourth-order valence-electron chi connectivity index (χ4n) is 3.35. The van der Waals surface area contributed by atoms with Crippen molar-refractivity contribution in [3.05, 3.63) is 34.1 Å². The summed E-state index contributed by atoms with van der Waals surface area (Å²) in [7, 11) is 0. The van der Waals surface area contributed by atoms with Crippen LogP contribution in [0.2, 0.25) is 0 Å². The van der Waals surface area contributed by atoms with Gasteiger partial charge in [-0.3, -0.25) is 0 Å². The van der Waals surface area contributed by atoms with Gasteiger partial charge in [-0.05, 0) is 61.8 Å². The highest BCUT2D eigenvalue weighted by atomic mass is 79.9. The van der Waals surface area contributed by atoms with Crippen molar-refractivity contribution in [2.45, 2.75) is 58.4 Å². The maximum atomic E-state index is 13.2. The molecular weight excluding hydrogens is 329 g/mol. The van der Waals surface area contributed by atoms with E-state index in [-0.39, 0.29) is 5.82 Å². The van der Waals surface area contributed by atoms with Crippen LogP contribution in [-0.4, -0.2) is 12.6 Å². The Bertz CT molecular complexity index is 441. The number of rotatable bonds is 6. The SMILES string of the molecule is CCCNC(Cc1ccc(F)cc1Br)C1CCC(C)CC1. The first kappa shape index (κ1) is 17.0. The van der Waals surface area contributed by atoms with Gasteiger partial charge < -0.3 is 5.32 Å². The minimum atomic E-state index is -0.171. The summed E-state index contributed by atoms with van der Waals surface area (Å²) in [5.41, 5.74) is 1.21. The molecule has 0 spiro atoms. The van der Waals surface area contributed by atoms with Gasteiger partial charge in [-0.2, -0.15) is 0 Å². The van der Waals surface area contributed by atoms with E-state index in [1.807, 2.05) is 6.07 Å². The molecule has 1 aliphatic carbocycles. The van der Waals surface area contributed by atoms with Gasteiger partial charge in [-0.25, -0.2) is 4.39 Å². The molecule has 0 bridgehead atoms. The van der Waals surface area contributed by atoms with E-state index in [4.69, 9.17) is 0 Å². The molecule has 118 valence electrons. The third kappa shape index (κ3) is 5.07. The predicted octanol–water partition coefficient (Wildman–Crippen LogP) is 5.33. The lowest BCUT2D eigenvalue weighted by Gasteiger charge is -2.33. The quantitative estimate of drug-likeness (QED) is 0.727. The van der Waals surface area contributed by atoms with E-state index >= 15 is 0 Å². The fourth-order valence-corrected chi connectivity index (χ4v) is 3.86. The zero-order valence-electron chi connectivity index (χ0n) is 13.2. The molecule has 21 heavy (non-hydrogen) atoms. The number of hydrogen-bond donors (Lipinski definition) is 1. The average Bonchev–Trinajstić information content (AvgIpc) is 2.46. The van der Waals surface area contributed by atoms with Gasteiger partial charge in [0, 0.05) is 10.5 Å². The Kier molecular flexibility index (Phi) is 6.69. The molecular formula is C18H27BrFN. The maximum Gasteiger partial charge on any atom is 0.124 e. The Morgan fingerprint density at radius 1 is 1.29 bits per heavy atom. The summed E-state index contributed by atoms with van der Waals surface area (Å²) in [4.78, 5) is 0. The van der Waals surface area contributed by atoms with Crippen LogP contribution < -0.4 is 5.32 Å². The van der Waals surface area contributed by atoms with Crippen molar-refractivity contribution in [1.82, 2.24) is 5.32 Å². The van der Waals surface area contributed by atoms with E-state index in [2.05, 4.69) is 35.1 Å². The zero-order valence-corrected chi connectivity index (χ0v) is 14.8. The van der Waals surface area contributed by atoms with Gasteiger partial charge in [0.15, 0.2) is 0 Å². The molecule has 1 saturated carbocycles. The van der Waals surface area contributed by atoms with Crippen molar-refractivity contribution in [2.75, 3.05) is 6.54 Å². The Labute approximate surface area is 136 Å². The third-order valence-electron chi connectivity index (χ3n) is 4.74. The first-order chi connectivity index (χ1) is 10.1. The summed E-state index contributed by atoms with van der Waals surface area (Å²) in [5, 5.41) is 3.73. The first-order valence-electron chi connectivity index (χ1n) is 8.27. The van der Waals surface area contributed by atoms with Crippen molar-refractivity contribution in [2.24, 2.45) is 11.8 Å². The first-order valence-corrected chi connectivity index (χ1v) is 9.06. The van der Waals surface area contributed by atoms with Crippen molar-refractivity contribution in [3.8, 4) is 0 Å². The molecule has 1 aromatic carbocycles. The van der Waals surface area contributed by atoms with Gasteiger partial charge in [0.25, 0.3) is 0 Å². The van der Waals surface area contributed by atoms with Gasteiger partial charge in [-0.15, -0.1) is 0 Å². The van der Waals surface area contributed by atoms with Gasteiger partial charge >= 0.3 is 0 Å². The number of benzene rings is 1. The maximum absolute atomic E-state index is 13.2. The lowest BCUT2D eigenvalue weighted by atomic mass is 9.77.